The van der Waals surface area contributed by atoms with Crippen molar-refractivity contribution in [1.29, 1.82) is 0 Å². The molecule has 0 saturated carbocycles. The van der Waals surface area contributed by atoms with Gasteiger partial charge in [-0.25, -0.2) is 12.7 Å². The molecule has 6 nitrogen and oxygen atoms in total. The molecular formula is C12H20N4O2S. The average molecular weight is 284 g/mol. The van der Waals surface area contributed by atoms with Crippen LogP contribution < -0.4 is 5.32 Å². The van der Waals surface area contributed by atoms with Gasteiger partial charge >= 0.3 is 0 Å². The lowest BCUT2D eigenvalue weighted by atomic mass is 10.1. The van der Waals surface area contributed by atoms with Crippen molar-refractivity contribution in [3.63, 3.8) is 0 Å². The summed E-state index contributed by atoms with van der Waals surface area (Å²) in [4.78, 5) is 8.02. The zero-order chi connectivity index (χ0) is 13.9. The van der Waals surface area contributed by atoms with Crippen molar-refractivity contribution >= 4 is 10.0 Å². The summed E-state index contributed by atoms with van der Waals surface area (Å²) in [5.74, 6) is 0. The minimum absolute atomic E-state index is 0.415. The van der Waals surface area contributed by atoms with Crippen molar-refractivity contribution < 1.29 is 8.42 Å². The highest BCUT2D eigenvalue weighted by Gasteiger charge is 2.33. The largest absolute Gasteiger partial charge is 0.317 e. The van der Waals surface area contributed by atoms with Gasteiger partial charge in [0, 0.05) is 37.7 Å². The molecule has 1 aliphatic heterocycles. The van der Waals surface area contributed by atoms with Gasteiger partial charge in [0.05, 0.1) is 5.69 Å². The molecule has 1 saturated heterocycles. The lowest BCUT2D eigenvalue weighted by Gasteiger charge is -2.32. The van der Waals surface area contributed by atoms with Crippen LogP contribution in [0.1, 0.15) is 30.7 Å². The zero-order valence-corrected chi connectivity index (χ0v) is 12.1. The summed E-state index contributed by atoms with van der Waals surface area (Å²) in [5.41, 5.74) is 0.498. The molecule has 0 radical (unpaired) electrons. The second kappa shape index (κ2) is 5.94. The Bertz CT molecular complexity index is 498. The van der Waals surface area contributed by atoms with E-state index in [1.54, 1.807) is 17.4 Å². The maximum atomic E-state index is 12.5. The first-order valence-electron chi connectivity index (χ1n) is 6.48. The summed E-state index contributed by atoms with van der Waals surface area (Å²) in [6.45, 7) is 2.81. The highest BCUT2D eigenvalue weighted by Crippen LogP contribution is 2.25. The van der Waals surface area contributed by atoms with Gasteiger partial charge in [-0.15, -0.1) is 0 Å². The standard InChI is InChI=1S/C12H20N4O2S/c1-10(12-9-14-5-6-15-12)19(17,18)16-7-3-11(13-2)4-8-16/h5-6,9-11,13H,3-4,7-8H2,1-2H3. The van der Waals surface area contributed by atoms with E-state index in [4.69, 9.17) is 0 Å². The van der Waals surface area contributed by atoms with Crippen molar-refractivity contribution in [3.8, 4) is 0 Å². The Morgan fingerprint density at radius 1 is 1.37 bits per heavy atom. The van der Waals surface area contributed by atoms with Gasteiger partial charge in [-0.05, 0) is 26.8 Å². The number of nitrogens with zero attached hydrogens (tertiary/aromatic N) is 3. The third kappa shape index (κ3) is 3.10. The minimum Gasteiger partial charge on any atom is -0.317 e. The highest BCUT2D eigenvalue weighted by atomic mass is 32.2. The Balaban J connectivity index is 2.11. The van der Waals surface area contributed by atoms with Crippen LogP contribution in [0.5, 0.6) is 0 Å². The van der Waals surface area contributed by atoms with Crippen LogP contribution >= 0.6 is 0 Å². The van der Waals surface area contributed by atoms with E-state index in [9.17, 15) is 8.42 Å². The topological polar surface area (TPSA) is 75.2 Å². The first-order chi connectivity index (χ1) is 9.05. The van der Waals surface area contributed by atoms with E-state index in [-0.39, 0.29) is 0 Å². The van der Waals surface area contributed by atoms with Crippen molar-refractivity contribution in [2.24, 2.45) is 0 Å². The van der Waals surface area contributed by atoms with Gasteiger partial charge in [-0.3, -0.25) is 9.97 Å². The zero-order valence-electron chi connectivity index (χ0n) is 11.3. The van der Waals surface area contributed by atoms with E-state index in [1.165, 1.54) is 12.4 Å². The van der Waals surface area contributed by atoms with Crippen molar-refractivity contribution in [3.05, 3.63) is 24.3 Å². The van der Waals surface area contributed by atoms with Gasteiger partial charge in [0.1, 0.15) is 5.25 Å². The Labute approximate surface area is 114 Å². The molecule has 0 aliphatic carbocycles. The molecule has 0 bridgehead atoms. The van der Waals surface area contributed by atoms with Gasteiger partial charge in [0.25, 0.3) is 0 Å². The third-order valence-corrected chi connectivity index (χ3v) is 5.89. The van der Waals surface area contributed by atoms with Crippen LogP contribution in [0.3, 0.4) is 0 Å². The fourth-order valence-corrected chi connectivity index (χ4v) is 3.89. The normalized spacial score (nSPS) is 20.3. The monoisotopic (exact) mass is 284 g/mol. The van der Waals surface area contributed by atoms with Crippen molar-refractivity contribution in [2.45, 2.75) is 31.1 Å². The molecule has 2 rings (SSSR count). The molecule has 19 heavy (non-hydrogen) atoms. The summed E-state index contributed by atoms with van der Waals surface area (Å²) in [6, 6.07) is 0.415. The molecule has 1 atom stereocenters. The maximum absolute atomic E-state index is 12.5. The number of sulfonamides is 1. The van der Waals surface area contributed by atoms with Gasteiger partial charge in [-0.1, -0.05) is 0 Å². The molecule has 0 aromatic carbocycles. The number of piperidine rings is 1. The van der Waals surface area contributed by atoms with Crippen LogP contribution in [-0.4, -0.2) is 48.9 Å². The van der Waals surface area contributed by atoms with Gasteiger partial charge in [0.15, 0.2) is 0 Å². The molecule has 106 valence electrons. The van der Waals surface area contributed by atoms with E-state index in [0.717, 1.165) is 12.8 Å². The molecule has 1 fully saturated rings. The highest BCUT2D eigenvalue weighted by molar-refractivity contribution is 7.89. The molecule has 7 heteroatoms. The van der Waals surface area contributed by atoms with Crippen LogP contribution in [0.15, 0.2) is 18.6 Å². The van der Waals surface area contributed by atoms with Crippen LogP contribution in [0.2, 0.25) is 0 Å². The van der Waals surface area contributed by atoms with Crippen LogP contribution in [-0.2, 0) is 10.0 Å². The number of rotatable bonds is 4. The predicted molar refractivity (Wildman–Crippen MR) is 73.0 cm³/mol. The molecule has 0 amide bonds. The molecule has 1 N–H and O–H groups in total. The smallest absolute Gasteiger partial charge is 0.222 e. The van der Waals surface area contributed by atoms with Crippen molar-refractivity contribution in [2.75, 3.05) is 20.1 Å². The summed E-state index contributed by atoms with van der Waals surface area (Å²) < 4.78 is 26.6. The number of nitrogens with one attached hydrogen (secondary N) is 1. The van der Waals surface area contributed by atoms with E-state index in [0.29, 0.717) is 24.8 Å². The predicted octanol–water partition coefficient (Wildman–Crippen LogP) is 0.551. The van der Waals surface area contributed by atoms with Gasteiger partial charge in [-0.2, -0.15) is 0 Å². The first kappa shape index (κ1) is 14.4. The lowest BCUT2D eigenvalue weighted by molar-refractivity contribution is 0.296. The van der Waals surface area contributed by atoms with E-state index < -0.39 is 15.3 Å². The number of hydrogen-bond acceptors (Lipinski definition) is 5. The minimum atomic E-state index is -3.34. The van der Waals surface area contributed by atoms with Crippen LogP contribution in [0.4, 0.5) is 0 Å². The first-order valence-corrected chi connectivity index (χ1v) is 7.98. The van der Waals surface area contributed by atoms with E-state index in [2.05, 4.69) is 15.3 Å². The average Bonchev–Trinajstić information content (AvgIpc) is 2.47. The molecule has 2 heterocycles. The second-order valence-corrected chi connectivity index (χ2v) is 7.03. The third-order valence-electron chi connectivity index (χ3n) is 3.67. The summed E-state index contributed by atoms with van der Waals surface area (Å²) in [7, 11) is -1.43. The molecular weight excluding hydrogens is 264 g/mol. The number of aromatic nitrogens is 2. The quantitative estimate of drug-likeness (QED) is 0.874. The fraction of sp³-hybridized carbons (Fsp3) is 0.667. The molecule has 1 aromatic heterocycles. The Morgan fingerprint density at radius 2 is 2.05 bits per heavy atom. The Kier molecular flexibility index (Phi) is 4.49. The van der Waals surface area contributed by atoms with E-state index >= 15 is 0 Å². The SMILES string of the molecule is CNC1CCN(S(=O)(=O)C(C)c2cnccn2)CC1. The summed E-state index contributed by atoms with van der Waals surface area (Å²) in [6.07, 6.45) is 6.28. The number of hydrogen-bond donors (Lipinski definition) is 1. The summed E-state index contributed by atoms with van der Waals surface area (Å²) >= 11 is 0. The second-order valence-electron chi connectivity index (χ2n) is 4.78. The van der Waals surface area contributed by atoms with Gasteiger partial charge in [0.2, 0.25) is 10.0 Å². The van der Waals surface area contributed by atoms with Crippen molar-refractivity contribution in [1.82, 2.24) is 19.6 Å². The fourth-order valence-electron chi connectivity index (χ4n) is 2.30. The summed E-state index contributed by atoms with van der Waals surface area (Å²) in [5, 5.41) is 2.55. The molecule has 1 unspecified atom stereocenters. The molecule has 1 aliphatic rings. The van der Waals surface area contributed by atoms with Crippen LogP contribution in [0, 0.1) is 0 Å². The molecule has 0 spiro atoms. The lowest BCUT2D eigenvalue weighted by Crippen LogP contribution is -2.45. The van der Waals surface area contributed by atoms with Gasteiger partial charge < -0.3 is 5.32 Å². The van der Waals surface area contributed by atoms with E-state index in [1.807, 2.05) is 7.05 Å². The van der Waals surface area contributed by atoms with Crippen LogP contribution in [0.25, 0.3) is 0 Å². The molecule has 1 aromatic rings. The Morgan fingerprint density at radius 3 is 2.58 bits per heavy atom. The Hall–Kier alpha value is -1.05. The maximum Gasteiger partial charge on any atom is 0.222 e.